The lowest BCUT2D eigenvalue weighted by atomic mass is 9.55. The van der Waals surface area contributed by atoms with Gasteiger partial charge in [-0.15, -0.1) is 11.3 Å². The van der Waals surface area contributed by atoms with Gasteiger partial charge >= 0.3 is 6.09 Å². The number of rotatable bonds is 3. The van der Waals surface area contributed by atoms with Crippen LogP contribution in [0.1, 0.15) is 49.5 Å². The third-order valence-electron chi connectivity index (χ3n) is 7.67. The van der Waals surface area contributed by atoms with Crippen molar-refractivity contribution in [2.45, 2.75) is 50.5 Å². The summed E-state index contributed by atoms with van der Waals surface area (Å²) in [4.78, 5) is 23.8. The molecule has 0 aromatic carbocycles. The number of aromatic nitrogens is 2. The molecule has 0 spiro atoms. The zero-order valence-corrected chi connectivity index (χ0v) is 17.4. The van der Waals surface area contributed by atoms with Crippen LogP contribution in [0.15, 0.2) is 29.9 Å². The number of thiazole rings is 1. The molecule has 4 saturated carbocycles. The predicted molar refractivity (Wildman–Crippen MR) is 112 cm³/mol. The first kappa shape index (κ1) is 17.9. The van der Waals surface area contributed by atoms with Crippen molar-refractivity contribution in [3.63, 3.8) is 0 Å². The first-order valence-electron chi connectivity index (χ1n) is 11.0. The van der Waals surface area contributed by atoms with Crippen LogP contribution in [0, 0.1) is 23.7 Å². The van der Waals surface area contributed by atoms with Crippen LogP contribution < -0.4 is 0 Å². The van der Waals surface area contributed by atoms with E-state index in [0.29, 0.717) is 17.8 Å². The van der Waals surface area contributed by atoms with Crippen molar-refractivity contribution in [3.8, 4) is 11.3 Å². The van der Waals surface area contributed by atoms with Crippen molar-refractivity contribution in [2.24, 2.45) is 23.7 Å². The van der Waals surface area contributed by atoms with Crippen molar-refractivity contribution in [3.05, 3.63) is 34.9 Å². The number of hydrogen-bond acceptors (Lipinski definition) is 5. The molecule has 4 bridgehead atoms. The summed E-state index contributed by atoms with van der Waals surface area (Å²) >= 11 is 1.70. The number of amides is 1. The van der Waals surface area contributed by atoms with E-state index in [2.05, 4.69) is 10.4 Å². The summed E-state index contributed by atoms with van der Waals surface area (Å²) in [5.41, 5.74) is 2.10. The largest absolute Gasteiger partial charge is 0.446 e. The fourth-order valence-corrected chi connectivity index (χ4v) is 7.47. The smallest absolute Gasteiger partial charge is 0.410 e. The Labute approximate surface area is 175 Å². The Balaban J connectivity index is 1.09. The Kier molecular flexibility index (Phi) is 4.36. The van der Waals surface area contributed by atoms with E-state index in [1.54, 1.807) is 23.7 Å². The lowest BCUT2D eigenvalue weighted by molar-refractivity contribution is -0.101. The molecule has 1 atom stereocenters. The molecule has 0 N–H and O–H groups in total. The highest BCUT2D eigenvalue weighted by molar-refractivity contribution is 7.10. The van der Waals surface area contributed by atoms with E-state index in [9.17, 15) is 4.79 Å². The molecule has 0 radical (unpaired) electrons. The Morgan fingerprint density at radius 1 is 1.07 bits per heavy atom. The van der Waals surface area contributed by atoms with Gasteiger partial charge in [-0.3, -0.25) is 4.98 Å². The predicted octanol–water partition coefficient (Wildman–Crippen LogP) is 4.96. The molecule has 2 aromatic heterocycles. The number of hydrogen-bond donors (Lipinski definition) is 0. The van der Waals surface area contributed by atoms with Crippen LogP contribution in [0.5, 0.6) is 0 Å². The second kappa shape index (κ2) is 7.08. The molecular weight excluding hydrogens is 382 g/mol. The quantitative estimate of drug-likeness (QED) is 0.719. The first-order chi connectivity index (χ1) is 14.2. The minimum absolute atomic E-state index is 0.0871. The zero-order valence-electron chi connectivity index (χ0n) is 16.6. The maximum absolute atomic E-state index is 12.9. The van der Waals surface area contributed by atoms with Crippen molar-refractivity contribution < 1.29 is 9.53 Å². The summed E-state index contributed by atoms with van der Waals surface area (Å²) in [6, 6.07) is 3.98. The molecule has 5 fully saturated rings. The van der Waals surface area contributed by atoms with Gasteiger partial charge < -0.3 is 9.64 Å². The average Bonchev–Trinajstić information content (AvgIpc) is 3.40. The standard InChI is InChI=1S/C23H27N3O2S/c27-23(28-21-18-8-14-7-15(10-18)11-19(21)9-14)26-6-3-17(12-26)22-25-20(13-29-22)16-1-4-24-5-2-16/h1-2,4-5,13-15,17-19,21H,3,6-12H2. The first-order valence-corrected chi connectivity index (χ1v) is 11.9. The molecule has 2 aromatic rings. The number of ether oxygens (including phenoxy) is 1. The number of pyridine rings is 1. The van der Waals surface area contributed by atoms with Gasteiger partial charge in [-0.25, -0.2) is 9.78 Å². The fourth-order valence-electron chi connectivity index (χ4n) is 6.52. The Hall–Kier alpha value is -1.95. The molecule has 1 amide bonds. The Morgan fingerprint density at radius 2 is 1.79 bits per heavy atom. The van der Waals surface area contributed by atoms with Crippen LogP contribution in [-0.2, 0) is 4.74 Å². The fraction of sp³-hybridized carbons (Fsp3) is 0.609. The van der Waals surface area contributed by atoms with Crippen LogP contribution in [0.2, 0.25) is 0 Å². The van der Waals surface area contributed by atoms with Gasteiger partial charge in [-0.2, -0.15) is 0 Å². The van der Waals surface area contributed by atoms with Gasteiger partial charge in [0, 0.05) is 42.3 Å². The molecule has 6 heteroatoms. The Bertz CT molecular complexity index is 871. The lowest BCUT2D eigenvalue weighted by Crippen LogP contribution is -2.51. The monoisotopic (exact) mass is 409 g/mol. The maximum Gasteiger partial charge on any atom is 0.410 e. The van der Waals surface area contributed by atoms with E-state index in [1.165, 1.54) is 32.1 Å². The third-order valence-corrected chi connectivity index (χ3v) is 8.68. The highest BCUT2D eigenvalue weighted by Gasteiger charge is 2.50. The van der Waals surface area contributed by atoms with Crippen LogP contribution in [0.4, 0.5) is 4.79 Å². The second-order valence-corrected chi connectivity index (χ2v) is 10.4. The maximum atomic E-state index is 12.9. The van der Waals surface area contributed by atoms with Crippen LogP contribution in [-0.4, -0.2) is 40.2 Å². The molecule has 5 nitrogen and oxygen atoms in total. The SMILES string of the molecule is O=C(OC1C2CC3CC(C2)CC1C3)N1CCC(c2nc(-c3ccncc3)cs2)C1. The van der Waals surface area contributed by atoms with E-state index in [0.717, 1.165) is 47.6 Å². The second-order valence-electron chi connectivity index (χ2n) is 9.52. The van der Waals surface area contributed by atoms with Crippen LogP contribution >= 0.6 is 11.3 Å². The van der Waals surface area contributed by atoms with E-state index in [4.69, 9.17) is 9.72 Å². The minimum Gasteiger partial charge on any atom is -0.446 e. The summed E-state index contributed by atoms with van der Waals surface area (Å²) in [6.45, 7) is 1.51. The highest BCUT2D eigenvalue weighted by Crippen LogP contribution is 2.54. The van der Waals surface area contributed by atoms with Crippen molar-refractivity contribution in [1.29, 1.82) is 0 Å². The van der Waals surface area contributed by atoms with Gasteiger partial charge in [0.15, 0.2) is 0 Å². The molecule has 5 aliphatic rings. The van der Waals surface area contributed by atoms with E-state index in [-0.39, 0.29) is 12.2 Å². The topological polar surface area (TPSA) is 55.3 Å². The minimum atomic E-state index is -0.0871. The highest BCUT2D eigenvalue weighted by atomic mass is 32.1. The van der Waals surface area contributed by atoms with Crippen molar-refractivity contribution >= 4 is 17.4 Å². The van der Waals surface area contributed by atoms with Gasteiger partial charge in [0.25, 0.3) is 0 Å². The van der Waals surface area contributed by atoms with Gasteiger partial charge in [-0.05, 0) is 74.3 Å². The van der Waals surface area contributed by atoms with E-state index >= 15 is 0 Å². The molecule has 3 heterocycles. The summed E-state index contributed by atoms with van der Waals surface area (Å²) in [5, 5.41) is 3.24. The van der Waals surface area contributed by atoms with Crippen LogP contribution in [0.3, 0.4) is 0 Å². The van der Waals surface area contributed by atoms with Gasteiger partial charge in [-0.1, -0.05) is 0 Å². The molecule has 1 aliphatic heterocycles. The van der Waals surface area contributed by atoms with E-state index in [1.807, 2.05) is 17.0 Å². The van der Waals surface area contributed by atoms with Crippen molar-refractivity contribution in [1.82, 2.24) is 14.9 Å². The molecule has 7 rings (SSSR count). The van der Waals surface area contributed by atoms with Gasteiger partial charge in [0.1, 0.15) is 6.10 Å². The molecule has 4 aliphatic carbocycles. The van der Waals surface area contributed by atoms with Gasteiger partial charge in [0.2, 0.25) is 0 Å². The van der Waals surface area contributed by atoms with Crippen LogP contribution in [0.25, 0.3) is 11.3 Å². The molecule has 29 heavy (non-hydrogen) atoms. The molecule has 152 valence electrons. The van der Waals surface area contributed by atoms with Gasteiger partial charge in [0.05, 0.1) is 10.7 Å². The summed E-state index contributed by atoms with van der Waals surface area (Å²) in [7, 11) is 0. The number of nitrogens with zero attached hydrogens (tertiary/aromatic N) is 3. The number of carbonyl (C=O) groups excluding carboxylic acids is 1. The summed E-state index contributed by atoms with van der Waals surface area (Å²) in [6.07, 6.45) is 11.2. The number of likely N-dealkylation sites (tertiary alicyclic amines) is 1. The molecular formula is C23H27N3O2S. The van der Waals surface area contributed by atoms with Crippen molar-refractivity contribution in [2.75, 3.05) is 13.1 Å². The lowest BCUT2D eigenvalue weighted by Gasteiger charge is -2.53. The molecule has 1 saturated heterocycles. The normalized spacial score (nSPS) is 35.2. The third kappa shape index (κ3) is 3.25. The number of carbonyl (C=O) groups is 1. The average molecular weight is 410 g/mol. The zero-order chi connectivity index (χ0) is 19.4. The summed E-state index contributed by atoms with van der Waals surface area (Å²) in [5.74, 6) is 3.37. The van der Waals surface area contributed by atoms with E-state index < -0.39 is 0 Å². The Morgan fingerprint density at radius 3 is 2.52 bits per heavy atom. The summed E-state index contributed by atoms with van der Waals surface area (Å²) < 4.78 is 6.13. The molecule has 1 unspecified atom stereocenters.